The SMILES string of the molecule is C[C@H]1C[C@H](C)CN(C(=O)c2ccc3ncc4c(=O)n(-c5ccc(Cl)cc5)[nH]c4c3c2)C1. The average molecular weight is 435 g/mol. The third-order valence-corrected chi connectivity index (χ3v) is 6.26. The van der Waals surface area contributed by atoms with Crippen LogP contribution in [0.1, 0.15) is 30.6 Å². The minimum atomic E-state index is -0.192. The molecule has 1 N–H and O–H groups in total. The van der Waals surface area contributed by atoms with Crippen molar-refractivity contribution < 1.29 is 4.79 Å². The van der Waals surface area contributed by atoms with E-state index in [1.807, 2.05) is 23.1 Å². The second kappa shape index (κ2) is 7.54. The number of nitrogens with one attached hydrogen (secondary N) is 1. The molecule has 0 aliphatic carbocycles. The molecular formula is C24H23ClN4O2. The van der Waals surface area contributed by atoms with Gasteiger partial charge in [-0.05, 0) is 60.7 Å². The molecular weight excluding hydrogens is 412 g/mol. The van der Waals surface area contributed by atoms with Gasteiger partial charge in [-0.1, -0.05) is 25.4 Å². The van der Waals surface area contributed by atoms with Crippen molar-refractivity contribution >= 4 is 39.3 Å². The lowest BCUT2D eigenvalue weighted by Gasteiger charge is -2.35. The summed E-state index contributed by atoms with van der Waals surface area (Å²) in [5.41, 5.74) is 2.50. The molecule has 158 valence electrons. The molecule has 3 heterocycles. The van der Waals surface area contributed by atoms with Crippen molar-refractivity contribution in [2.75, 3.05) is 13.1 Å². The largest absolute Gasteiger partial charge is 0.338 e. The fourth-order valence-corrected chi connectivity index (χ4v) is 4.80. The van der Waals surface area contributed by atoms with Crippen LogP contribution >= 0.6 is 11.6 Å². The summed E-state index contributed by atoms with van der Waals surface area (Å²) in [4.78, 5) is 32.6. The van der Waals surface area contributed by atoms with Gasteiger partial charge in [0.25, 0.3) is 11.5 Å². The van der Waals surface area contributed by atoms with Crippen LogP contribution in [0.15, 0.2) is 53.5 Å². The quantitative estimate of drug-likeness (QED) is 0.499. The number of hydrogen-bond donors (Lipinski definition) is 1. The molecule has 1 fully saturated rings. The van der Waals surface area contributed by atoms with E-state index < -0.39 is 0 Å². The van der Waals surface area contributed by atoms with E-state index in [1.165, 1.54) is 4.68 Å². The Morgan fingerprint density at radius 2 is 1.77 bits per heavy atom. The van der Waals surface area contributed by atoms with Gasteiger partial charge >= 0.3 is 0 Å². The smallest absolute Gasteiger partial charge is 0.280 e. The van der Waals surface area contributed by atoms with Crippen LogP contribution in [-0.4, -0.2) is 38.7 Å². The minimum absolute atomic E-state index is 0.0248. The van der Waals surface area contributed by atoms with E-state index in [4.69, 9.17) is 11.6 Å². The van der Waals surface area contributed by atoms with Crippen LogP contribution in [-0.2, 0) is 0 Å². The minimum Gasteiger partial charge on any atom is -0.338 e. The van der Waals surface area contributed by atoms with Gasteiger partial charge in [-0.3, -0.25) is 19.7 Å². The van der Waals surface area contributed by atoms with E-state index in [0.29, 0.717) is 39.0 Å². The van der Waals surface area contributed by atoms with Gasteiger partial charge in [0.2, 0.25) is 0 Å². The maximum atomic E-state index is 13.2. The molecule has 6 nitrogen and oxygen atoms in total. The monoisotopic (exact) mass is 434 g/mol. The molecule has 5 rings (SSSR count). The molecule has 1 saturated heterocycles. The molecule has 2 aromatic carbocycles. The first-order chi connectivity index (χ1) is 14.9. The first-order valence-corrected chi connectivity index (χ1v) is 10.9. The van der Waals surface area contributed by atoms with Crippen molar-refractivity contribution in [3.05, 3.63) is 69.6 Å². The Hall–Kier alpha value is -3.12. The number of fused-ring (bicyclic) bond motifs is 3. The number of rotatable bonds is 2. The number of carbonyl (C=O) groups is 1. The summed E-state index contributed by atoms with van der Waals surface area (Å²) in [6.45, 7) is 5.92. The van der Waals surface area contributed by atoms with E-state index in [1.54, 1.807) is 30.5 Å². The van der Waals surface area contributed by atoms with E-state index in [-0.39, 0.29) is 11.5 Å². The Labute approximate surface area is 184 Å². The molecule has 2 aromatic heterocycles. The maximum Gasteiger partial charge on any atom is 0.280 e. The topological polar surface area (TPSA) is 71.0 Å². The fraction of sp³-hybridized carbons (Fsp3) is 0.292. The highest BCUT2D eigenvalue weighted by Crippen LogP contribution is 2.26. The van der Waals surface area contributed by atoms with Crippen LogP contribution < -0.4 is 5.56 Å². The molecule has 1 amide bonds. The number of amides is 1. The van der Waals surface area contributed by atoms with E-state index in [9.17, 15) is 9.59 Å². The van der Waals surface area contributed by atoms with Crippen molar-refractivity contribution in [1.29, 1.82) is 0 Å². The Balaban J connectivity index is 1.61. The first-order valence-electron chi connectivity index (χ1n) is 10.5. The number of hydrogen-bond acceptors (Lipinski definition) is 3. The molecule has 2 atom stereocenters. The molecule has 0 radical (unpaired) electrons. The molecule has 0 unspecified atom stereocenters. The van der Waals surface area contributed by atoms with Gasteiger partial charge < -0.3 is 4.90 Å². The van der Waals surface area contributed by atoms with Crippen LogP contribution in [0.4, 0.5) is 0 Å². The number of H-pyrrole nitrogens is 1. The second-order valence-corrected chi connectivity index (χ2v) is 9.10. The predicted octanol–water partition coefficient (Wildman–Crippen LogP) is 4.64. The third-order valence-electron chi connectivity index (χ3n) is 6.01. The van der Waals surface area contributed by atoms with Crippen LogP contribution in [0.2, 0.25) is 5.02 Å². The number of pyridine rings is 1. The number of halogens is 1. The summed E-state index contributed by atoms with van der Waals surface area (Å²) in [6, 6.07) is 12.5. The molecule has 0 bridgehead atoms. The fourth-order valence-electron chi connectivity index (χ4n) is 4.67. The van der Waals surface area contributed by atoms with Crippen molar-refractivity contribution in [3.63, 3.8) is 0 Å². The first kappa shape index (κ1) is 19.8. The molecule has 31 heavy (non-hydrogen) atoms. The molecule has 1 aliphatic rings. The summed E-state index contributed by atoms with van der Waals surface area (Å²) >= 11 is 5.98. The number of nitrogens with zero attached hydrogens (tertiary/aromatic N) is 3. The predicted molar refractivity (Wildman–Crippen MR) is 123 cm³/mol. The zero-order valence-electron chi connectivity index (χ0n) is 17.4. The Bertz CT molecular complexity index is 1350. The zero-order chi connectivity index (χ0) is 21.7. The highest BCUT2D eigenvalue weighted by molar-refractivity contribution is 6.30. The normalized spacial score (nSPS) is 19.3. The van der Waals surface area contributed by atoms with Gasteiger partial charge in [0.05, 0.1) is 22.1 Å². The van der Waals surface area contributed by atoms with Crippen molar-refractivity contribution in [1.82, 2.24) is 19.7 Å². The van der Waals surface area contributed by atoms with E-state index in [2.05, 4.69) is 23.9 Å². The number of likely N-dealkylation sites (tertiary alicyclic amines) is 1. The zero-order valence-corrected chi connectivity index (χ0v) is 18.2. The Kier molecular flexibility index (Phi) is 4.82. The van der Waals surface area contributed by atoms with Gasteiger partial charge in [0, 0.05) is 35.3 Å². The van der Waals surface area contributed by atoms with Gasteiger partial charge in [0.1, 0.15) is 0 Å². The number of benzene rings is 2. The molecule has 4 aromatic rings. The number of carbonyl (C=O) groups excluding carboxylic acids is 1. The van der Waals surface area contributed by atoms with Crippen LogP contribution in [0.25, 0.3) is 27.5 Å². The average Bonchev–Trinajstić information content (AvgIpc) is 3.09. The number of piperidine rings is 1. The summed E-state index contributed by atoms with van der Waals surface area (Å²) in [6.07, 6.45) is 2.73. The number of aromatic amines is 1. The van der Waals surface area contributed by atoms with Crippen molar-refractivity contribution in [3.8, 4) is 5.69 Å². The summed E-state index contributed by atoms with van der Waals surface area (Å²) < 4.78 is 1.48. The van der Waals surface area contributed by atoms with E-state index in [0.717, 1.165) is 30.4 Å². The summed E-state index contributed by atoms with van der Waals surface area (Å²) in [5.74, 6) is 1.01. The summed E-state index contributed by atoms with van der Waals surface area (Å²) in [5, 5.41) is 5.03. The lowest BCUT2D eigenvalue weighted by molar-refractivity contribution is 0.0623. The standard InChI is InChI=1S/C24H23ClN4O2/c1-14-9-15(2)13-28(12-14)23(30)16-3-8-21-19(10-16)22-20(11-26-21)24(31)29(27-22)18-6-4-17(25)5-7-18/h3-8,10-11,14-15,27H,9,12-13H2,1-2H3/t14-,15-/m0/s1. The highest BCUT2D eigenvalue weighted by Gasteiger charge is 2.26. The molecule has 0 saturated carbocycles. The molecule has 7 heteroatoms. The molecule has 0 spiro atoms. The molecule has 1 aliphatic heterocycles. The summed E-state index contributed by atoms with van der Waals surface area (Å²) in [7, 11) is 0. The maximum absolute atomic E-state index is 13.2. The highest BCUT2D eigenvalue weighted by atomic mass is 35.5. The van der Waals surface area contributed by atoms with Gasteiger partial charge in [0.15, 0.2) is 0 Å². The van der Waals surface area contributed by atoms with Gasteiger partial charge in [-0.15, -0.1) is 0 Å². The van der Waals surface area contributed by atoms with Crippen LogP contribution in [0, 0.1) is 11.8 Å². The second-order valence-electron chi connectivity index (χ2n) is 8.66. The third kappa shape index (κ3) is 3.51. The van der Waals surface area contributed by atoms with Crippen molar-refractivity contribution in [2.45, 2.75) is 20.3 Å². The Morgan fingerprint density at radius 1 is 1.06 bits per heavy atom. The van der Waals surface area contributed by atoms with Gasteiger partial charge in [-0.25, -0.2) is 4.68 Å². The lowest BCUT2D eigenvalue weighted by Crippen LogP contribution is -2.42. The Morgan fingerprint density at radius 3 is 2.48 bits per heavy atom. The van der Waals surface area contributed by atoms with E-state index >= 15 is 0 Å². The lowest BCUT2D eigenvalue weighted by atomic mass is 9.91. The van der Waals surface area contributed by atoms with Crippen LogP contribution in [0.3, 0.4) is 0 Å². The number of aromatic nitrogens is 3. The van der Waals surface area contributed by atoms with Crippen molar-refractivity contribution in [2.24, 2.45) is 11.8 Å². The van der Waals surface area contributed by atoms with Crippen LogP contribution in [0.5, 0.6) is 0 Å². The van der Waals surface area contributed by atoms with Gasteiger partial charge in [-0.2, -0.15) is 0 Å².